The molecule has 0 atom stereocenters. The van der Waals surface area contributed by atoms with Crippen molar-refractivity contribution in [3.63, 3.8) is 0 Å². The third-order valence-corrected chi connectivity index (χ3v) is 5.62. The molecule has 1 spiro atoms. The summed E-state index contributed by atoms with van der Waals surface area (Å²) in [6.45, 7) is 4.68. The Morgan fingerprint density at radius 2 is 1.88 bits per heavy atom. The molecule has 1 aromatic rings. The molecule has 3 heterocycles. The van der Waals surface area contributed by atoms with E-state index >= 15 is 0 Å². The highest BCUT2D eigenvalue weighted by Gasteiger charge is 2.41. The van der Waals surface area contributed by atoms with Crippen LogP contribution in [0.2, 0.25) is 5.02 Å². The zero-order chi connectivity index (χ0) is 18.1. The summed E-state index contributed by atoms with van der Waals surface area (Å²) < 4.78 is 5.32. The molecule has 0 unspecified atom stereocenters. The van der Waals surface area contributed by atoms with Crippen molar-refractivity contribution in [2.24, 2.45) is 0 Å². The predicted molar refractivity (Wildman–Crippen MR) is 98.3 cm³/mol. The van der Waals surface area contributed by atoms with Crippen molar-refractivity contribution >= 4 is 29.1 Å². The van der Waals surface area contributed by atoms with Crippen molar-refractivity contribution in [2.45, 2.75) is 18.5 Å². The van der Waals surface area contributed by atoms with E-state index in [1.807, 2.05) is 11.0 Å². The number of morpholine rings is 1. The quantitative estimate of drug-likeness (QED) is 0.807. The number of carbonyl (C=O) groups is 2. The molecule has 140 valence electrons. The molecule has 0 saturated carbocycles. The number of ether oxygens (including phenoxy) is 1. The third kappa shape index (κ3) is 3.51. The van der Waals surface area contributed by atoms with Crippen molar-refractivity contribution in [1.29, 1.82) is 0 Å². The molecule has 3 aliphatic rings. The van der Waals surface area contributed by atoms with Crippen molar-refractivity contribution in [2.75, 3.05) is 51.3 Å². The Labute approximate surface area is 157 Å². The van der Waals surface area contributed by atoms with Gasteiger partial charge in [0.05, 0.1) is 25.3 Å². The average Bonchev–Trinajstić information content (AvgIpc) is 2.64. The van der Waals surface area contributed by atoms with Gasteiger partial charge in [-0.2, -0.15) is 0 Å². The number of anilines is 1. The molecule has 2 N–H and O–H groups in total. The van der Waals surface area contributed by atoms with Crippen LogP contribution in [0.5, 0.6) is 0 Å². The van der Waals surface area contributed by atoms with Crippen LogP contribution in [0.1, 0.15) is 23.2 Å². The van der Waals surface area contributed by atoms with Gasteiger partial charge >= 0.3 is 0 Å². The van der Waals surface area contributed by atoms with Crippen LogP contribution in [0.3, 0.4) is 0 Å². The fourth-order valence-electron chi connectivity index (χ4n) is 3.83. The van der Waals surface area contributed by atoms with Crippen molar-refractivity contribution < 1.29 is 14.3 Å². The number of hydrogen-bond acceptors (Lipinski definition) is 5. The summed E-state index contributed by atoms with van der Waals surface area (Å²) in [5, 5.41) is 7.08. The minimum Gasteiger partial charge on any atom is -0.379 e. The van der Waals surface area contributed by atoms with Gasteiger partial charge in [0.2, 0.25) is 5.91 Å². The standard InChI is InChI=1S/C18H23ClN4O3/c19-13-1-2-15-14(11-13)17(25)21-18(20-15)3-5-23(6-4-18)16(24)12-22-7-9-26-10-8-22/h1-2,11,20H,3-10,12H2,(H,21,25). The Morgan fingerprint density at radius 3 is 2.62 bits per heavy atom. The smallest absolute Gasteiger partial charge is 0.255 e. The molecule has 0 aliphatic carbocycles. The van der Waals surface area contributed by atoms with E-state index < -0.39 is 5.66 Å². The first-order valence-electron chi connectivity index (χ1n) is 9.03. The van der Waals surface area contributed by atoms with E-state index in [1.54, 1.807) is 12.1 Å². The summed E-state index contributed by atoms with van der Waals surface area (Å²) in [4.78, 5) is 29.1. The normalized spacial score (nSPS) is 22.5. The third-order valence-electron chi connectivity index (χ3n) is 5.39. The highest BCUT2D eigenvalue weighted by molar-refractivity contribution is 6.31. The Bertz CT molecular complexity index is 712. The number of halogens is 1. The van der Waals surface area contributed by atoms with Gasteiger partial charge in [-0.3, -0.25) is 14.5 Å². The monoisotopic (exact) mass is 378 g/mol. The van der Waals surface area contributed by atoms with Crippen LogP contribution in [0.25, 0.3) is 0 Å². The number of piperidine rings is 1. The van der Waals surface area contributed by atoms with Gasteiger partial charge < -0.3 is 20.3 Å². The second kappa shape index (κ2) is 7.06. The number of fused-ring (bicyclic) bond motifs is 1. The number of hydrogen-bond donors (Lipinski definition) is 2. The molecule has 7 nitrogen and oxygen atoms in total. The number of benzene rings is 1. The number of rotatable bonds is 2. The van der Waals surface area contributed by atoms with E-state index in [0.717, 1.165) is 18.8 Å². The van der Waals surface area contributed by atoms with Crippen LogP contribution in [0, 0.1) is 0 Å². The Balaban J connectivity index is 1.38. The Hall–Kier alpha value is -1.83. The van der Waals surface area contributed by atoms with Gasteiger partial charge in [-0.1, -0.05) is 11.6 Å². The number of nitrogens with one attached hydrogen (secondary N) is 2. The van der Waals surface area contributed by atoms with Crippen LogP contribution in [0.4, 0.5) is 5.69 Å². The van der Waals surface area contributed by atoms with Gasteiger partial charge in [0, 0.05) is 49.7 Å². The van der Waals surface area contributed by atoms with Gasteiger partial charge in [-0.15, -0.1) is 0 Å². The predicted octanol–water partition coefficient (Wildman–Crippen LogP) is 1.15. The fourth-order valence-corrected chi connectivity index (χ4v) is 4.00. The van der Waals surface area contributed by atoms with Crippen LogP contribution in [0.15, 0.2) is 18.2 Å². The first-order valence-corrected chi connectivity index (χ1v) is 9.41. The van der Waals surface area contributed by atoms with Crippen LogP contribution in [-0.4, -0.2) is 73.2 Å². The number of carbonyl (C=O) groups excluding carboxylic acids is 2. The summed E-state index contributed by atoms with van der Waals surface area (Å²) >= 11 is 5.99. The summed E-state index contributed by atoms with van der Waals surface area (Å²) in [7, 11) is 0. The van der Waals surface area contributed by atoms with Gasteiger partial charge in [-0.25, -0.2) is 0 Å². The van der Waals surface area contributed by atoms with Crippen LogP contribution < -0.4 is 10.6 Å². The van der Waals surface area contributed by atoms with Crippen molar-refractivity contribution in [1.82, 2.24) is 15.1 Å². The molecule has 26 heavy (non-hydrogen) atoms. The molecule has 2 amide bonds. The zero-order valence-electron chi connectivity index (χ0n) is 14.6. The lowest BCUT2D eigenvalue weighted by Crippen LogP contribution is -2.63. The van der Waals surface area contributed by atoms with Crippen LogP contribution in [-0.2, 0) is 9.53 Å². The molecule has 0 aromatic heterocycles. The maximum absolute atomic E-state index is 12.6. The first-order chi connectivity index (χ1) is 12.5. The lowest BCUT2D eigenvalue weighted by Gasteiger charge is -2.46. The number of nitrogens with zero attached hydrogens (tertiary/aromatic N) is 2. The molecule has 0 radical (unpaired) electrons. The van der Waals surface area contributed by atoms with Crippen molar-refractivity contribution in [3.8, 4) is 0 Å². The molecule has 0 bridgehead atoms. The van der Waals surface area contributed by atoms with E-state index in [0.29, 0.717) is 56.3 Å². The summed E-state index contributed by atoms with van der Waals surface area (Å²) in [5.41, 5.74) is 0.869. The van der Waals surface area contributed by atoms with Crippen LogP contribution >= 0.6 is 11.6 Å². The van der Waals surface area contributed by atoms with E-state index in [4.69, 9.17) is 16.3 Å². The average molecular weight is 379 g/mol. The minimum absolute atomic E-state index is 0.116. The maximum Gasteiger partial charge on any atom is 0.255 e. The molecule has 1 aromatic carbocycles. The Morgan fingerprint density at radius 1 is 1.15 bits per heavy atom. The van der Waals surface area contributed by atoms with Gasteiger partial charge in [0.25, 0.3) is 5.91 Å². The first kappa shape index (κ1) is 17.6. The molecule has 8 heteroatoms. The molecular weight excluding hydrogens is 356 g/mol. The molecular formula is C18H23ClN4O3. The van der Waals surface area contributed by atoms with E-state index in [1.165, 1.54) is 0 Å². The zero-order valence-corrected chi connectivity index (χ0v) is 15.3. The maximum atomic E-state index is 12.6. The van der Waals surface area contributed by atoms with E-state index in [2.05, 4.69) is 15.5 Å². The molecule has 2 fully saturated rings. The lowest BCUT2D eigenvalue weighted by atomic mass is 9.92. The van der Waals surface area contributed by atoms with Gasteiger partial charge in [0.1, 0.15) is 5.66 Å². The SMILES string of the molecule is O=C1NC2(CCN(C(=O)CN3CCOCC3)CC2)Nc2ccc(Cl)cc21. The van der Waals surface area contributed by atoms with Gasteiger partial charge in [-0.05, 0) is 18.2 Å². The van der Waals surface area contributed by atoms with E-state index in [9.17, 15) is 9.59 Å². The highest BCUT2D eigenvalue weighted by atomic mass is 35.5. The molecule has 3 aliphatic heterocycles. The van der Waals surface area contributed by atoms with E-state index in [-0.39, 0.29) is 11.8 Å². The second-order valence-corrected chi connectivity index (χ2v) is 7.56. The fraction of sp³-hybridized carbons (Fsp3) is 0.556. The molecule has 2 saturated heterocycles. The number of amides is 2. The number of likely N-dealkylation sites (tertiary alicyclic amines) is 1. The Kier molecular flexibility index (Phi) is 4.77. The minimum atomic E-state index is -0.492. The second-order valence-electron chi connectivity index (χ2n) is 7.12. The van der Waals surface area contributed by atoms with Crippen molar-refractivity contribution in [3.05, 3.63) is 28.8 Å². The molecule has 4 rings (SSSR count). The largest absolute Gasteiger partial charge is 0.379 e. The topological polar surface area (TPSA) is 73.9 Å². The van der Waals surface area contributed by atoms with Gasteiger partial charge in [0.15, 0.2) is 0 Å². The summed E-state index contributed by atoms with van der Waals surface area (Å²) in [6.07, 6.45) is 1.35. The summed E-state index contributed by atoms with van der Waals surface area (Å²) in [5.74, 6) is 0.0328. The summed E-state index contributed by atoms with van der Waals surface area (Å²) in [6, 6.07) is 5.29. The lowest BCUT2D eigenvalue weighted by molar-refractivity contribution is -0.135. The highest BCUT2D eigenvalue weighted by Crippen LogP contribution is 2.32.